The van der Waals surface area contributed by atoms with Gasteiger partial charge in [0.25, 0.3) is 0 Å². The summed E-state index contributed by atoms with van der Waals surface area (Å²) in [6.45, 7) is 0. The lowest BCUT2D eigenvalue weighted by Gasteiger charge is -2.14. The van der Waals surface area contributed by atoms with E-state index in [1.165, 1.54) is 0 Å². The van der Waals surface area contributed by atoms with E-state index < -0.39 is 6.04 Å². The van der Waals surface area contributed by atoms with Gasteiger partial charge in [0.2, 0.25) is 5.91 Å². The Kier molecular flexibility index (Phi) is 7.23. The van der Waals surface area contributed by atoms with E-state index in [9.17, 15) is 4.79 Å². The summed E-state index contributed by atoms with van der Waals surface area (Å²) in [5.74, 6) is 0.699. The van der Waals surface area contributed by atoms with Crippen molar-refractivity contribution in [1.29, 1.82) is 0 Å². The molecule has 0 aliphatic rings. The van der Waals surface area contributed by atoms with E-state index in [0.717, 1.165) is 19.2 Å². The van der Waals surface area contributed by atoms with Crippen LogP contribution in [0.5, 0.6) is 0 Å². The monoisotopic (exact) mass is 458 g/mol. The average Bonchev–Trinajstić information content (AvgIpc) is 2.30. The Hall–Kier alpha value is 0.440. The van der Waals surface area contributed by atoms with Crippen LogP contribution in [-0.4, -0.2) is 24.0 Å². The molecule has 3 nitrogen and oxygen atoms in total. The molecule has 0 aliphatic carbocycles. The molecule has 0 spiro atoms. The molecule has 18 heavy (non-hydrogen) atoms. The normalized spacial score (nSPS) is 12.3. The maximum absolute atomic E-state index is 11.9. The van der Waals surface area contributed by atoms with Crippen LogP contribution in [0.2, 0.25) is 0 Å². The van der Waals surface area contributed by atoms with E-state index in [-0.39, 0.29) is 5.91 Å². The van der Waals surface area contributed by atoms with E-state index in [0.29, 0.717) is 12.1 Å². The molecule has 1 atom stereocenters. The largest absolute Gasteiger partial charge is 0.323 e. The highest BCUT2D eigenvalue weighted by molar-refractivity contribution is 9.11. The lowest BCUT2D eigenvalue weighted by Crippen LogP contribution is -2.36. The first-order valence-corrected chi connectivity index (χ1v) is 8.93. The number of rotatable bonds is 5. The number of carbonyl (C=O) groups is 1. The summed E-state index contributed by atoms with van der Waals surface area (Å²) >= 11 is 11.9. The molecule has 1 aromatic carbocycles. The van der Waals surface area contributed by atoms with Crippen LogP contribution in [0.3, 0.4) is 0 Å². The standard InChI is InChI=1S/C11H13Br3N2OS/c1-18-3-2-9(15)11(17)16-10-7(13)4-6(12)5-8(10)14/h4-5,9H,2-3,15H2,1H3,(H,16,17)/t9-/m0/s1. The molecule has 0 aromatic heterocycles. The van der Waals surface area contributed by atoms with Crippen molar-refractivity contribution in [2.45, 2.75) is 12.5 Å². The van der Waals surface area contributed by atoms with Crippen molar-refractivity contribution in [3.8, 4) is 0 Å². The van der Waals surface area contributed by atoms with Crippen molar-refractivity contribution in [3.05, 3.63) is 25.6 Å². The second-order valence-corrected chi connectivity index (χ2v) is 7.23. The van der Waals surface area contributed by atoms with Crippen LogP contribution in [0.15, 0.2) is 25.6 Å². The topological polar surface area (TPSA) is 55.1 Å². The molecule has 0 heterocycles. The van der Waals surface area contributed by atoms with Crippen LogP contribution in [0, 0.1) is 0 Å². The quantitative estimate of drug-likeness (QED) is 0.698. The third-order valence-electron chi connectivity index (χ3n) is 2.22. The van der Waals surface area contributed by atoms with Crippen LogP contribution >= 0.6 is 59.6 Å². The molecule has 3 N–H and O–H groups in total. The van der Waals surface area contributed by atoms with Gasteiger partial charge in [-0.05, 0) is 62.4 Å². The number of thioether (sulfide) groups is 1. The highest BCUT2D eigenvalue weighted by Gasteiger charge is 2.16. The lowest BCUT2D eigenvalue weighted by atomic mass is 10.2. The maximum atomic E-state index is 11.9. The van der Waals surface area contributed by atoms with Gasteiger partial charge in [0.05, 0.1) is 11.7 Å². The summed E-state index contributed by atoms with van der Waals surface area (Å²) in [5, 5.41) is 2.83. The third-order valence-corrected chi connectivity index (χ3v) is 4.58. The van der Waals surface area contributed by atoms with Crippen LogP contribution in [-0.2, 0) is 4.79 Å². The lowest BCUT2D eigenvalue weighted by molar-refractivity contribution is -0.117. The number of halogens is 3. The first-order chi connectivity index (χ1) is 8.45. The highest BCUT2D eigenvalue weighted by atomic mass is 79.9. The number of amides is 1. The smallest absolute Gasteiger partial charge is 0.241 e. The summed E-state index contributed by atoms with van der Waals surface area (Å²) in [6.07, 6.45) is 2.66. The first-order valence-electron chi connectivity index (χ1n) is 5.15. The molecular formula is C11H13Br3N2OS. The molecule has 0 aliphatic heterocycles. The second-order valence-electron chi connectivity index (χ2n) is 3.62. The Morgan fingerprint density at radius 1 is 1.39 bits per heavy atom. The van der Waals surface area contributed by atoms with Crippen molar-refractivity contribution in [3.63, 3.8) is 0 Å². The van der Waals surface area contributed by atoms with Gasteiger partial charge in [-0.25, -0.2) is 0 Å². The van der Waals surface area contributed by atoms with E-state index in [4.69, 9.17) is 5.73 Å². The molecule has 0 radical (unpaired) electrons. The van der Waals surface area contributed by atoms with Crippen LogP contribution in [0.1, 0.15) is 6.42 Å². The van der Waals surface area contributed by atoms with Gasteiger partial charge in [-0.2, -0.15) is 11.8 Å². The fourth-order valence-corrected chi connectivity index (χ4v) is 4.20. The van der Waals surface area contributed by atoms with Crippen molar-refractivity contribution < 1.29 is 4.79 Å². The minimum atomic E-state index is -0.486. The molecule has 1 rings (SSSR count). The van der Waals surface area contributed by atoms with Gasteiger partial charge in [-0.1, -0.05) is 15.9 Å². The zero-order valence-electron chi connectivity index (χ0n) is 9.67. The van der Waals surface area contributed by atoms with Crippen molar-refractivity contribution in [1.82, 2.24) is 0 Å². The number of nitrogens with two attached hydrogens (primary N) is 1. The summed E-state index contributed by atoms with van der Waals surface area (Å²) < 4.78 is 2.52. The predicted octanol–water partition coefficient (Wildman–Crippen LogP) is 3.99. The second kappa shape index (κ2) is 7.89. The van der Waals surface area contributed by atoms with Gasteiger partial charge >= 0.3 is 0 Å². The third kappa shape index (κ3) is 4.85. The fraction of sp³-hybridized carbons (Fsp3) is 0.364. The van der Waals surface area contributed by atoms with E-state index in [1.54, 1.807) is 11.8 Å². The molecule has 0 saturated carbocycles. The van der Waals surface area contributed by atoms with Crippen molar-refractivity contribution >= 4 is 71.1 Å². The Morgan fingerprint density at radius 2 is 1.94 bits per heavy atom. The van der Waals surface area contributed by atoms with Crippen LogP contribution < -0.4 is 11.1 Å². The number of hydrogen-bond acceptors (Lipinski definition) is 3. The minimum absolute atomic E-state index is 0.173. The Bertz CT molecular complexity index is 419. The molecule has 0 unspecified atom stereocenters. The molecule has 0 saturated heterocycles. The molecule has 1 aromatic rings. The van der Waals surface area contributed by atoms with Gasteiger partial charge in [0.1, 0.15) is 0 Å². The molecule has 0 fully saturated rings. The molecule has 0 bridgehead atoms. The minimum Gasteiger partial charge on any atom is -0.323 e. The van der Waals surface area contributed by atoms with Gasteiger partial charge in [-0.15, -0.1) is 0 Å². The number of carbonyl (C=O) groups excluding carboxylic acids is 1. The maximum Gasteiger partial charge on any atom is 0.241 e. The first kappa shape index (κ1) is 16.5. The van der Waals surface area contributed by atoms with Gasteiger partial charge in [-0.3, -0.25) is 4.79 Å². The van der Waals surface area contributed by atoms with E-state index in [1.807, 2.05) is 18.4 Å². The molecule has 7 heteroatoms. The summed E-state index contributed by atoms with van der Waals surface area (Å²) in [5.41, 5.74) is 6.51. The zero-order valence-corrected chi connectivity index (χ0v) is 15.2. The van der Waals surface area contributed by atoms with Crippen molar-refractivity contribution in [2.24, 2.45) is 5.73 Å². The number of anilines is 1. The molecule has 1 amide bonds. The average molecular weight is 461 g/mol. The Balaban J connectivity index is 2.76. The van der Waals surface area contributed by atoms with E-state index >= 15 is 0 Å². The Labute approximate surface area is 136 Å². The predicted molar refractivity (Wildman–Crippen MR) is 89.1 cm³/mol. The van der Waals surface area contributed by atoms with Crippen LogP contribution in [0.4, 0.5) is 5.69 Å². The zero-order chi connectivity index (χ0) is 13.7. The molecule has 100 valence electrons. The van der Waals surface area contributed by atoms with Gasteiger partial charge in [0, 0.05) is 13.4 Å². The SMILES string of the molecule is CSCC[C@H](N)C(=O)Nc1c(Br)cc(Br)cc1Br. The van der Waals surface area contributed by atoms with Crippen LogP contribution in [0.25, 0.3) is 0 Å². The fourth-order valence-electron chi connectivity index (χ4n) is 1.25. The molecular weight excluding hydrogens is 448 g/mol. The Morgan fingerprint density at radius 3 is 2.44 bits per heavy atom. The van der Waals surface area contributed by atoms with E-state index in [2.05, 4.69) is 53.1 Å². The highest BCUT2D eigenvalue weighted by Crippen LogP contribution is 2.34. The summed E-state index contributed by atoms with van der Waals surface area (Å²) in [4.78, 5) is 11.9. The number of hydrogen-bond donors (Lipinski definition) is 2. The van der Waals surface area contributed by atoms with Crippen molar-refractivity contribution in [2.75, 3.05) is 17.3 Å². The summed E-state index contributed by atoms with van der Waals surface area (Å²) in [6, 6.07) is 3.25. The number of nitrogens with one attached hydrogen (secondary N) is 1. The van der Waals surface area contributed by atoms with Gasteiger partial charge < -0.3 is 11.1 Å². The summed E-state index contributed by atoms with van der Waals surface area (Å²) in [7, 11) is 0. The number of benzene rings is 1. The van der Waals surface area contributed by atoms with Gasteiger partial charge in [0.15, 0.2) is 0 Å².